The average molecular weight is 575 g/mol. The lowest BCUT2D eigenvalue weighted by molar-refractivity contribution is 0.415. The van der Waals surface area contributed by atoms with Crippen LogP contribution < -0.4 is 0 Å². The summed E-state index contributed by atoms with van der Waals surface area (Å²) >= 11 is 2.05. The summed E-state index contributed by atoms with van der Waals surface area (Å²) in [6, 6.07) is 13.9. The zero-order valence-electron chi connectivity index (χ0n) is 18.9. The Morgan fingerprint density at radius 3 is 1.14 bits per heavy atom. The van der Waals surface area contributed by atoms with Gasteiger partial charge in [-0.3, -0.25) is 0 Å². The molecule has 0 amide bonds. The molecule has 0 aliphatic carbocycles. The Morgan fingerprint density at radius 1 is 0.432 bits per heavy atom. The molecule has 0 aromatic heterocycles. The van der Waals surface area contributed by atoms with E-state index in [9.17, 15) is 35.1 Å². The first-order chi connectivity index (χ1) is 17.5. The standard InChI is InChI=1S/C26H14F8S3/c1-11-3-5-12(6-4-11)36-13-7-9-14(10-8-13)37-26-23(33)19(29)16(20(30)24(26)34)15-17(27)21(31)25(35-2)22(32)18(15)28/h3-10H,1-2H3. The van der Waals surface area contributed by atoms with E-state index in [1.54, 1.807) is 12.1 Å². The van der Waals surface area contributed by atoms with Crippen LogP contribution in [0.2, 0.25) is 0 Å². The summed E-state index contributed by atoms with van der Waals surface area (Å²) in [5.41, 5.74) is -2.68. The van der Waals surface area contributed by atoms with E-state index in [1.807, 2.05) is 31.2 Å². The first-order valence-electron chi connectivity index (χ1n) is 10.3. The first kappa shape index (κ1) is 27.4. The second kappa shape index (κ2) is 11.0. The van der Waals surface area contributed by atoms with Crippen molar-refractivity contribution in [2.45, 2.75) is 31.4 Å². The topological polar surface area (TPSA) is 0 Å². The van der Waals surface area contributed by atoms with Gasteiger partial charge in [0.1, 0.15) is 0 Å². The van der Waals surface area contributed by atoms with Crippen molar-refractivity contribution in [3.05, 3.63) is 101 Å². The van der Waals surface area contributed by atoms with Gasteiger partial charge in [-0.2, -0.15) is 0 Å². The number of hydrogen-bond acceptors (Lipinski definition) is 3. The molecule has 0 aliphatic heterocycles. The van der Waals surface area contributed by atoms with E-state index >= 15 is 0 Å². The number of rotatable bonds is 6. The van der Waals surface area contributed by atoms with Gasteiger partial charge in [0.15, 0.2) is 46.5 Å². The Hall–Kier alpha value is -2.63. The number of thioether (sulfide) groups is 1. The molecule has 4 aromatic carbocycles. The minimum atomic E-state index is -2.19. The van der Waals surface area contributed by atoms with Crippen molar-refractivity contribution >= 4 is 35.3 Å². The van der Waals surface area contributed by atoms with Gasteiger partial charge in [-0.1, -0.05) is 41.2 Å². The van der Waals surface area contributed by atoms with E-state index in [4.69, 9.17) is 0 Å². The number of halogens is 8. The molecule has 0 N–H and O–H groups in total. The van der Waals surface area contributed by atoms with E-state index in [2.05, 4.69) is 0 Å². The zero-order valence-corrected chi connectivity index (χ0v) is 21.3. The first-order valence-corrected chi connectivity index (χ1v) is 13.2. The maximum atomic E-state index is 14.9. The normalized spacial score (nSPS) is 11.3. The molecule has 4 aromatic rings. The van der Waals surface area contributed by atoms with E-state index in [1.165, 1.54) is 23.9 Å². The fourth-order valence-electron chi connectivity index (χ4n) is 3.37. The molecular weight excluding hydrogens is 560 g/mol. The van der Waals surface area contributed by atoms with Crippen LogP contribution >= 0.6 is 35.3 Å². The zero-order chi connectivity index (χ0) is 27.0. The molecule has 192 valence electrons. The third kappa shape index (κ3) is 5.21. The second-order valence-corrected chi connectivity index (χ2v) is 10.7. The Bertz CT molecular complexity index is 1430. The highest BCUT2D eigenvalue weighted by molar-refractivity contribution is 8.00. The Balaban J connectivity index is 1.70. The van der Waals surface area contributed by atoms with E-state index in [-0.39, 0.29) is 4.90 Å². The summed E-state index contributed by atoms with van der Waals surface area (Å²) in [5, 5.41) is 0. The van der Waals surface area contributed by atoms with Crippen LogP contribution in [-0.4, -0.2) is 6.26 Å². The maximum Gasteiger partial charge on any atom is 0.176 e. The van der Waals surface area contributed by atoms with Gasteiger partial charge in [0, 0.05) is 14.7 Å². The maximum absolute atomic E-state index is 14.9. The molecule has 0 nitrogen and oxygen atoms in total. The van der Waals surface area contributed by atoms with Crippen LogP contribution in [0.3, 0.4) is 0 Å². The molecular formula is C26H14F8S3. The Morgan fingerprint density at radius 2 is 0.757 bits per heavy atom. The minimum Gasteiger partial charge on any atom is -0.203 e. The van der Waals surface area contributed by atoms with Gasteiger partial charge >= 0.3 is 0 Å². The molecule has 0 atom stereocenters. The predicted octanol–water partition coefficient (Wildman–Crippen LogP) is 9.80. The second-order valence-electron chi connectivity index (χ2n) is 7.61. The predicted molar refractivity (Wildman–Crippen MR) is 129 cm³/mol. The Kier molecular flexibility index (Phi) is 8.15. The smallest absolute Gasteiger partial charge is 0.176 e. The molecule has 0 saturated heterocycles. The average Bonchev–Trinajstić information content (AvgIpc) is 2.89. The van der Waals surface area contributed by atoms with Crippen LogP contribution in [0.1, 0.15) is 5.56 Å². The third-order valence-corrected chi connectivity index (χ3v) is 8.05. The lowest BCUT2D eigenvalue weighted by Crippen LogP contribution is -2.08. The fraction of sp³-hybridized carbons (Fsp3) is 0.0769. The largest absolute Gasteiger partial charge is 0.203 e. The van der Waals surface area contributed by atoms with Crippen LogP contribution in [-0.2, 0) is 0 Å². The van der Waals surface area contributed by atoms with E-state index in [0.717, 1.165) is 21.6 Å². The molecule has 0 fully saturated rings. The SMILES string of the molecule is CSc1c(F)c(F)c(-c2c(F)c(F)c(Sc3ccc(Sc4ccc(C)cc4)cc3)c(F)c2F)c(F)c1F. The van der Waals surface area contributed by atoms with Crippen molar-refractivity contribution in [3.63, 3.8) is 0 Å². The monoisotopic (exact) mass is 574 g/mol. The van der Waals surface area contributed by atoms with Gasteiger partial charge in [-0.25, -0.2) is 35.1 Å². The van der Waals surface area contributed by atoms with Gasteiger partial charge in [0.2, 0.25) is 0 Å². The van der Waals surface area contributed by atoms with Crippen molar-refractivity contribution in [3.8, 4) is 11.1 Å². The van der Waals surface area contributed by atoms with E-state index in [0.29, 0.717) is 23.5 Å². The number of hydrogen-bond donors (Lipinski definition) is 0. The highest BCUT2D eigenvalue weighted by Gasteiger charge is 2.34. The summed E-state index contributed by atoms with van der Waals surface area (Å²) in [6.45, 7) is 1.95. The summed E-state index contributed by atoms with van der Waals surface area (Å²) in [4.78, 5) is -0.278. The van der Waals surface area contributed by atoms with Gasteiger partial charge in [-0.15, -0.1) is 11.8 Å². The molecule has 0 spiro atoms. The third-order valence-electron chi connectivity index (χ3n) is 5.20. The number of benzene rings is 4. The van der Waals surface area contributed by atoms with Crippen LogP contribution in [0.5, 0.6) is 0 Å². The van der Waals surface area contributed by atoms with Crippen LogP contribution in [0, 0.1) is 53.5 Å². The van der Waals surface area contributed by atoms with Gasteiger partial charge in [0.05, 0.1) is 20.9 Å². The highest BCUT2D eigenvalue weighted by atomic mass is 32.2. The van der Waals surface area contributed by atoms with Crippen molar-refractivity contribution in [1.82, 2.24) is 0 Å². The Labute approximate surface area is 219 Å². The fourth-order valence-corrected chi connectivity index (χ4v) is 5.59. The van der Waals surface area contributed by atoms with Crippen molar-refractivity contribution < 1.29 is 35.1 Å². The lowest BCUT2D eigenvalue weighted by atomic mass is 10.0. The van der Waals surface area contributed by atoms with E-state index < -0.39 is 67.5 Å². The van der Waals surface area contributed by atoms with Crippen LogP contribution in [0.4, 0.5) is 35.1 Å². The molecule has 0 saturated carbocycles. The van der Waals surface area contributed by atoms with Gasteiger partial charge < -0.3 is 0 Å². The van der Waals surface area contributed by atoms with Gasteiger partial charge in [-0.05, 0) is 49.6 Å². The molecule has 0 unspecified atom stereocenters. The molecule has 0 aliphatic rings. The van der Waals surface area contributed by atoms with Gasteiger partial charge in [0.25, 0.3) is 0 Å². The molecule has 0 heterocycles. The molecule has 11 heteroatoms. The minimum absolute atomic E-state index is 0.205. The summed E-state index contributed by atoms with van der Waals surface area (Å²) in [6.07, 6.45) is 1.11. The number of aryl methyl sites for hydroxylation is 1. The quantitative estimate of drug-likeness (QED) is 0.128. The molecule has 4 rings (SSSR count). The highest BCUT2D eigenvalue weighted by Crippen LogP contribution is 2.43. The van der Waals surface area contributed by atoms with Crippen molar-refractivity contribution in [2.24, 2.45) is 0 Å². The molecule has 0 radical (unpaired) electrons. The van der Waals surface area contributed by atoms with Crippen LogP contribution in [0.15, 0.2) is 73.0 Å². The van der Waals surface area contributed by atoms with Crippen molar-refractivity contribution in [1.29, 1.82) is 0 Å². The molecule has 0 bridgehead atoms. The summed E-state index contributed by atoms with van der Waals surface area (Å²) < 4.78 is 117. The van der Waals surface area contributed by atoms with Crippen LogP contribution in [0.25, 0.3) is 11.1 Å². The van der Waals surface area contributed by atoms with Crippen molar-refractivity contribution in [2.75, 3.05) is 6.26 Å². The lowest BCUT2D eigenvalue weighted by Gasteiger charge is -2.15. The summed E-state index contributed by atoms with van der Waals surface area (Å²) in [5.74, 6) is -16.6. The molecule has 37 heavy (non-hydrogen) atoms. The summed E-state index contributed by atoms with van der Waals surface area (Å²) in [7, 11) is 0.